The maximum Gasteiger partial charge on any atom is 0.519 e. The summed E-state index contributed by atoms with van der Waals surface area (Å²) >= 11 is 5.91. The fourth-order valence-corrected chi connectivity index (χ4v) is 2.22. The topological polar surface area (TPSA) is 133 Å². The molecule has 196 valence electrons. The Morgan fingerprint density at radius 1 is 0.886 bits per heavy atom. The molecule has 0 spiro atoms. The summed E-state index contributed by atoms with van der Waals surface area (Å²) in [5.41, 5.74) is -1.27. The number of amides is 1. The number of rotatable bonds is 4. The van der Waals surface area contributed by atoms with Gasteiger partial charge in [-0.25, -0.2) is 14.4 Å². The van der Waals surface area contributed by atoms with Crippen molar-refractivity contribution in [1.82, 2.24) is 5.32 Å². The zero-order valence-corrected chi connectivity index (χ0v) is 22.5. The summed E-state index contributed by atoms with van der Waals surface area (Å²) in [4.78, 5) is 33.6. The number of carbonyl (C=O) groups excluding carboxylic acids is 3. The zero-order valence-electron chi connectivity index (χ0n) is 21.7. The van der Waals surface area contributed by atoms with Gasteiger partial charge in [-0.1, -0.05) is 11.6 Å². The van der Waals surface area contributed by atoms with Gasteiger partial charge in [0.1, 0.15) is 28.6 Å². The molecule has 0 atom stereocenters. The molecule has 1 rings (SSSR count). The van der Waals surface area contributed by atoms with Crippen molar-refractivity contribution >= 4 is 30.0 Å². The number of hydrogen-bond donors (Lipinski definition) is 1. The minimum atomic E-state index is -1.06. The normalized spacial score (nSPS) is 11.1. The molecule has 0 radical (unpaired) electrons. The van der Waals surface area contributed by atoms with E-state index in [4.69, 9.17) is 35.8 Å². The lowest BCUT2D eigenvalue weighted by molar-refractivity contribution is -0.0294. The van der Waals surface area contributed by atoms with Crippen molar-refractivity contribution in [3.05, 3.63) is 28.8 Å². The van der Waals surface area contributed by atoms with Gasteiger partial charge < -0.3 is 29.0 Å². The molecule has 10 nitrogen and oxygen atoms in total. The zero-order chi connectivity index (χ0) is 27.4. The number of hydrogen-bond acceptors (Lipinski definition) is 9. The highest BCUT2D eigenvalue weighted by Gasteiger charge is 2.24. The first kappa shape index (κ1) is 31.8. The number of carbonyl (C=O) groups is 3. The van der Waals surface area contributed by atoms with Crippen molar-refractivity contribution in [2.75, 3.05) is 6.61 Å². The van der Waals surface area contributed by atoms with E-state index in [1.165, 1.54) is 0 Å². The van der Waals surface area contributed by atoms with Gasteiger partial charge in [-0.05, 0) is 80.5 Å². The molecule has 0 unspecified atom stereocenters. The van der Waals surface area contributed by atoms with Crippen molar-refractivity contribution in [3.63, 3.8) is 0 Å². The van der Waals surface area contributed by atoms with Gasteiger partial charge in [-0.3, -0.25) is 0 Å². The summed E-state index contributed by atoms with van der Waals surface area (Å²) < 4.78 is 24.2. The molecule has 1 aromatic carbocycles. The Morgan fingerprint density at radius 2 is 1.37 bits per heavy atom. The number of halogens is 1. The fraction of sp³-hybridized carbons (Fsp3) is 0.583. The molecular weight excluding hydrogens is 480 g/mol. The molecule has 0 aromatic heterocycles. The van der Waals surface area contributed by atoms with E-state index >= 15 is 0 Å². The summed E-state index contributed by atoms with van der Waals surface area (Å²) in [5, 5.41) is 11.7. The lowest BCUT2D eigenvalue weighted by Gasteiger charge is -2.20. The molecule has 1 N–H and O–H groups in total. The van der Waals surface area contributed by atoms with Crippen LogP contribution in [-0.4, -0.2) is 41.8 Å². The monoisotopic (exact) mass is 514 g/mol. The SMILES string of the molecule is CC(C)(C)OC(=O)NCc1cc(Cl)ccc1OCC#N.CC(C)(C)OC(=O)OC(=O)OC(C)(C)C. The van der Waals surface area contributed by atoms with Crippen LogP contribution in [0.3, 0.4) is 0 Å². The Balaban J connectivity index is 0.000000691. The van der Waals surface area contributed by atoms with Crippen molar-refractivity contribution in [3.8, 4) is 11.8 Å². The van der Waals surface area contributed by atoms with E-state index in [9.17, 15) is 14.4 Å². The number of nitrogens with one attached hydrogen (secondary N) is 1. The second-order valence-corrected chi connectivity index (χ2v) is 10.5. The summed E-state index contributed by atoms with van der Waals surface area (Å²) in [7, 11) is 0. The average molecular weight is 515 g/mol. The van der Waals surface area contributed by atoms with Gasteiger partial charge in [-0.15, -0.1) is 0 Å². The van der Waals surface area contributed by atoms with Crippen LogP contribution in [0.4, 0.5) is 14.4 Å². The number of nitriles is 1. The Hall–Kier alpha value is -3.19. The molecule has 0 saturated carbocycles. The van der Waals surface area contributed by atoms with Crippen LogP contribution in [0.15, 0.2) is 18.2 Å². The third kappa shape index (κ3) is 17.9. The van der Waals surface area contributed by atoms with E-state index in [1.807, 2.05) is 6.07 Å². The maximum absolute atomic E-state index is 11.6. The smallest absolute Gasteiger partial charge is 0.478 e. The van der Waals surface area contributed by atoms with Crippen LogP contribution in [0.1, 0.15) is 67.9 Å². The van der Waals surface area contributed by atoms with Crippen LogP contribution in [0, 0.1) is 11.3 Å². The first-order valence-corrected chi connectivity index (χ1v) is 11.1. The van der Waals surface area contributed by atoms with Gasteiger partial charge in [0, 0.05) is 17.1 Å². The second-order valence-electron chi connectivity index (χ2n) is 10.1. The van der Waals surface area contributed by atoms with Crippen LogP contribution >= 0.6 is 11.6 Å². The number of alkyl carbamates (subject to hydrolysis) is 1. The molecule has 0 aliphatic heterocycles. The largest absolute Gasteiger partial charge is 0.519 e. The fourth-order valence-electron chi connectivity index (χ4n) is 2.03. The second kappa shape index (κ2) is 13.6. The lowest BCUT2D eigenvalue weighted by Crippen LogP contribution is -2.32. The highest BCUT2D eigenvalue weighted by molar-refractivity contribution is 6.30. The molecule has 1 amide bonds. The molecule has 0 aliphatic rings. The third-order valence-electron chi connectivity index (χ3n) is 3.08. The molecule has 0 heterocycles. The standard InChI is InChI=1S/C14H17ClN2O3.C10H18O5/c1-14(2,3)20-13(18)17-9-10-8-11(15)4-5-12(10)19-7-6-16;1-9(2,3)14-7(11)13-8(12)15-10(4,5)6/h4-5,8H,7,9H2,1-3H3,(H,17,18);1-6H3. The highest BCUT2D eigenvalue weighted by atomic mass is 35.5. The first-order valence-electron chi connectivity index (χ1n) is 10.7. The van der Waals surface area contributed by atoms with E-state index in [-0.39, 0.29) is 13.2 Å². The average Bonchev–Trinajstić information content (AvgIpc) is 2.61. The molecule has 11 heteroatoms. The molecule has 35 heavy (non-hydrogen) atoms. The van der Waals surface area contributed by atoms with Crippen LogP contribution < -0.4 is 10.1 Å². The predicted octanol–water partition coefficient (Wildman–Crippen LogP) is 6.14. The van der Waals surface area contributed by atoms with Crippen molar-refractivity contribution in [2.24, 2.45) is 0 Å². The lowest BCUT2D eigenvalue weighted by atomic mass is 10.2. The van der Waals surface area contributed by atoms with Crippen LogP contribution in [0.2, 0.25) is 5.02 Å². The van der Waals surface area contributed by atoms with Crippen molar-refractivity contribution in [1.29, 1.82) is 5.26 Å². The number of ether oxygens (including phenoxy) is 5. The molecular formula is C24H35ClN2O8. The van der Waals surface area contributed by atoms with Gasteiger partial charge in [-0.2, -0.15) is 5.26 Å². The summed E-state index contributed by atoms with van der Waals surface area (Å²) in [6, 6.07) is 6.88. The van der Waals surface area contributed by atoms with E-state index in [1.54, 1.807) is 80.5 Å². The molecule has 0 fully saturated rings. The molecule has 1 aromatic rings. The Kier molecular flexibility index (Phi) is 12.4. The van der Waals surface area contributed by atoms with Gasteiger partial charge >= 0.3 is 18.4 Å². The Bertz CT molecular complexity index is 880. The Labute approximate surface area is 211 Å². The summed E-state index contributed by atoms with van der Waals surface area (Å²) in [6.45, 7) is 15.5. The van der Waals surface area contributed by atoms with Gasteiger partial charge in [0.25, 0.3) is 0 Å². The van der Waals surface area contributed by atoms with Gasteiger partial charge in [0.05, 0.1) is 0 Å². The Morgan fingerprint density at radius 3 is 1.80 bits per heavy atom. The molecule has 0 saturated heterocycles. The first-order chi connectivity index (χ1) is 15.8. The minimum absolute atomic E-state index is 0.0684. The summed E-state index contributed by atoms with van der Waals surface area (Å²) in [6.07, 6.45) is -2.64. The van der Waals surface area contributed by atoms with Crippen LogP contribution in [0.5, 0.6) is 5.75 Å². The van der Waals surface area contributed by atoms with Crippen molar-refractivity contribution < 1.29 is 38.1 Å². The minimum Gasteiger partial charge on any atom is -0.478 e. The quantitative estimate of drug-likeness (QED) is 0.285. The molecule has 0 aliphatic carbocycles. The number of benzene rings is 1. The van der Waals surface area contributed by atoms with E-state index in [0.717, 1.165) is 0 Å². The third-order valence-corrected chi connectivity index (χ3v) is 3.32. The summed E-state index contributed by atoms with van der Waals surface area (Å²) in [5.74, 6) is 0.506. The number of nitrogens with zero attached hydrogens (tertiary/aromatic N) is 1. The van der Waals surface area contributed by atoms with Gasteiger partial charge in [0.2, 0.25) is 0 Å². The van der Waals surface area contributed by atoms with E-state index < -0.39 is 35.2 Å². The predicted molar refractivity (Wildman–Crippen MR) is 129 cm³/mol. The maximum atomic E-state index is 11.6. The van der Waals surface area contributed by atoms with Crippen LogP contribution in [0.25, 0.3) is 0 Å². The van der Waals surface area contributed by atoms with E-state index in [0.29, 0.717) is 16.3 Å². The highest BCUT2D eigenvalue weighted by Crippen LogP contribution is 2.23. The van der Waals surface area contributed by atoms with Crippen LogP contribution in [-0.2, 0) is 25.5 Å². The van der Waals surface area contributed by atoms with Gasteiger partial charge in [0.15, 0.2) is 6.61 Å². The van der Waals surface area contributed by atoms with E-state index in [2.05, 4.69) is 10.1 Å². The van der Waals surface area contributed by atoms with Crippen molar-refractivity contribution in [2.45, 2.75) is 85.7 Å². The molecule has 0 bridgehead atoms.